The molecule has 0 bridgehead atoms. The fraction of sp³-hybridized carbons (Fsp3) is 0.333. The van der Waals surface area contributed by atoms with Gasteiger partial charge in [-0.3, -0.25) is 0 Å². The zero-order valence-electron chi connectivity index (χ0n) is 15.5. The first-order valence-corrected chi connectivity index (χ1v) is 8.93. The normalized spacial score (nSPS) is 26.8. The Hall–Kier alpha value is -1.03. The smallest absolute Gasteiger partial charge is 0.184 e. The maximum absolute atomic E-state index is 3.41. The first-order valence-electron chi connectivity index (χ1n) is 8.93. The van der Waals surface area contributed by atoms with Crippen molar-refractivity contribution in [3.8, 4) is 0 Å². The summed E-state index contributed by atoms with van der Waals surface area (Å²) in [7, 11) is 0. The Balaban J connectivity index is 0.000000540. The summed E-state index contributed by atoms with van der Waals surface area (Å²) in [6, 6.07) is 0. The van der Waals surface area contributed by atoms with Gasteiger partial charge in [-0.2, -0.15) is 96.2 Å². The molecule has 0 radical (unpaired) electrons. The molecule has 25 heavy (non-hydrogen) atoms. The van der Waals surface area contributed by atoms with Crippen LogP contribution in [0.5, 0.6) is 0 Å². The van der Waals surface area contributed by atoms with E-state index < -0.39 is 0 Å². The molecule has 0 nitrogen and oxygen atoms in total. The van der Waals surface area contributed by atoms with Crippen molar-refractivity contribution in [2.75, 3.05) is 0 Å². The molecule has 0 unspecified atom stereocenters. The van der Waals surface area contributed by atoms with Crippen molar-refractivity contribution >= 4 is 0 Å². The molecule has 0 heterocycles. The molecule has 0 aromatic rings. The summed E-state index contributed by atoms with van der Waals surface area (Å²) < 4.78 is 0. The van der Waals surface area contributed by atoms with Crippen molar-refractivity contribution in [3.63, 3.8) is 0 Å². The van der Waals surface area contributed by atoms with Crippen LogP contribution in [0.15, 0.2) is 71.9 Å². The van der Waals surface area contributed by atoms with Gasteiger partial charge in [-0.1, -0.05) is 52.4 Å². The zero-order valence-corrected chi connectivity index (χ0v) is 19.7. The maximum atomic E-state index is 3.41. The third-order valence-corrected chi connectivity index (χ3v) is 3.54. The van der Waals surface area contributed by atoms with Crippen molar-refractivity contribution in [1.29, 1.82) is 0 Å². The largest absolute Gasteiger partial charge is 4.00 e. The quantitative estimate of drug-likeness (QED) is 0.318. The minimum Gasteiger partial charge on any atom is -0.184 e. The zero-order chi connectivity index (χ0) is 17.3. The van der Waals surface area contributed by atoms with Crippen molar-refractivity contribution in [2.24, 2.45) is 0 Å². The van der Waals surface area contributed by atoms with Gasteiger partial charge < -0.3 is 0 Å². The van der Waals surface area contributed by atoms with Gasteiger partial charge >= 0.3 is 31.1 Å². The summed E-state index contributed by atoms with van der Waals surface area (Å²) in [5.74, 6) is 0. The maximum Gasteiger partial charge on any atom is 4.00 e. The fourth-order valence-corrected chi connectivity index (χ4v) is 2.19. The van der Waals surface area contributed by atoms with Gasteiger partial charge in [-0.25, -0.2) is 0 Å². The summed E-state index contributed by atoms with van der Waals surface area (Å²) in [5, 5.41) is 0. The van der Waals surface area contributed by atoms with Gasteiger partial charge in [-0.05, 0) is 0 Å². The van der Waals surface area contributed by atoms with E-state index in [1.54, 1.807) is 0 Å². The molecule has 0 amide bonds. The van der Waals surface area contributed by atoms with E-state index in [9.17, 15) is 0 Å². The molecule has 0 saturated heterocycles. The Labute approximate surface area is 178 Å². The van der Waals surface area contributed by atoms with Crippen LogP contribution in [0, 0.1) is 55.4 Å². The molecule has 2 aliphatic rings. The van der Waals surface area contributed by atoms with E-state index in [0.717, 1.165) is 12.8 Å². The Morgan fingerprint density at radius 3 is 1.92 bits per heavy atom. The second-order valence-corrected chi connectivity index (χ2v) is 5.58. The van der Waals surface area contributed by atoms with Gasteiger partial charge in [0.15, 0.2) is 0 Å². The molecule has 0 aromatic heterocycles. The van der Waals surface area contributed by atoms with E-state index in [2.05, 4.69) is 44.2 Å². The molecular weight excluding hydrogens is 526 g/mol. The fourth-order valence-electron chi connectivity index (χ4n) is 2.19. The van der Waals surface area contributed by atoms with Gasteiger partial charge in [-0.15, -0.1) is 0 Å². The Kier molecular flexibility index (Phi) is 17.1. The minimum atomic E-state index is 0. The van der Waals surface area contributed by atoms with E-state index in [-0.39, 0.29) is 31.1 Å². The molecular formula is C24H28U. The second-order valence-electron chi connectivity index (χ2n) is 5.58. The number of hydrogen-bond donors (Lipinski definition) is 0. The van der Waals surface area contributed by atoms with Crippen LogP contribution in [0.1, 0.15) is 52.4 Å². The van der Waals surface area contributed by atoms with Gasteiger partial charge in [0.1, 0.15) is 0 Å². The summed E-state index contributed by atoms with van der Waals surface area (Å²) in [6.07, 6.45) is 39.0. The molecule has 0 N–H and O–H groups in total. The Bertz CT molecular complexity index is 475. The predicted molar refractivity (Wildman–Crippen MR) is 105 cm³/mol. The van der Waals surface area contributed by atoms with E-state index in [0.29, 0.717) is 0 Å². The SMILES string of the molecule is CCCCC1=C/[C-]=C/C=C\[C-]=C\1CCCC.[C-]1=C\C=C/[C-]=C\C=C/1.[U+4]. The van der Waals surface area contributed by atoms with Crippen LogP contribution in [-0.2, 0) is 0 Å². The van der Waals surface area contributed by atoms with E-state index in [1.807, 2.05) is 54.7 Å². The average molecular weight is 555 g/mol. The molecule has 0 aromatic carbocycles. The van der Waals surface area contributed by atoms with Gasteiger partial charge in [0.25, 0.3) is 0 Å². The first kappa shape index (κ1) is 24.0. The molecule has 0 atom stereocenters. The topological polar surface area (TPSA) is 0 Å². The summed E-state index contributed by atoms with van der Waals surface area (Å²) in [4.78, 5) is 0. The van der Waals surface area contributed by atoms with Crippen LogP contribution in [0.4, 0.5) is 0 Å². The Morgan fingerprint density at radius 2 is 1.28 bits per heavy atom. The molecule has 0 spiro atoms. The molecule has 128 valence electrons. The van der Waals surface area contributed by atoms with Crippen LogP contribution >= 0.6 is 0 Å². The van der Waals surface area contributed by atoms with Crippen molar-refractivity contribution in [3.05, 3.63) is 96.2 Å². The molecule has 1 heteroatoms. The van der Waals surface area contributed by atoms with Crippen molar-refractivity contribution in [2.45, 2.75) is 52.4 Å². The van der Waals surface area contributed by atoms with Crippen LogP contribution in [-0.4, -0.2) is 0 Å². The molecule has 0 saturated carbocycles. The van der Waals surface area contributed by atoms with Crippen molar-refractivity contribution < 1.29 is 31.1 Å². The number of hydrogen-bond acceptors (Lipinski definition) is 0. The molecule has 2 aliphatic carbocycles. The van der Waals surface area contributed by atoms with Crippen LogP contribution in [0.3, 0.4) is 0 Å². The number of unbranched alkanes of at least 4 members (excludes halogenated alkanes) is 2. The summed E-state index contributed by atoms with van der Waals surface area (Å²) in [5.41, 5.74) is 2.81. The molecule has 2 rings (SSSR count). The molecule has 0 aliphatic heterocycles. The van der Waals surface area contributed by atoms with E-state index >= 15 is 0 Å². The third-order valence-electron chi connectivity index (χ3n) is 3.54. The van der Waals surface area contributed by atoms with Gasteiger partial charge in [0, 0.05) is 0 Å². The van der Waals surface area contributed by atoms with Gasteiger partial charge in [0.2, 0.25) is 0 Å². The van der Waals surface area contributed by atoms with Crippen LogP contribution < -0.4 is 0 Å². The van der Waals surface area contributed by atoms with Crippen molar-refractivity contribution in [1.82, 2.24) is 0 Å². The van der Waals surface area contributed by atoms with Crippen LogP contribution in [0.2, 0.25) is 0 Å². The minimum absolute atomic E-state index is 0. The van der Waals surface area contributed by atoms with Crippen LogP contribution in [0.25, 0.3) is 0 Å². The average Bonchev–Trinajstić information content (AvgIpc) is 2.53. The van der Waals surface area contributed by atoms with E-state index in [4.69, 9.17) is 0 Å². The van der Waals surface area contributed by atoms with Gasteiger partial charge in [0.05, 0.1) is 0 Å². The van der Waals surface area contributed by atoms with E-state index in [1.165, 1.54) is 36.8 Å². The summed E-state index contributed by atoms with van der Waals surface area (Å²) >= 11 is 0. The standard InChI is InChI=1S/C16H22.C8H6.U/c1-3-5-11-15-13-9-7-8-10-14-16(15)12-6-4-2;1-2-4-6-8-7-5-3-1;/h7-9,14H,3-6,11-12H2,1-2H3;1-3,6-8H;/q2*-2;+4/b8-7?,9-7-,16-14-,16-15?;2-1-,3-1?,8-6?,8-7-;. The third kappa shape index (κ3) is 12.9. The monoisotopic (exact) mass is 554 g/mol. The molecule has 0 fully saturated rings. The predicted octanol–water partition coefficient (Wildman–Crippen LogP) is 6.78. The Morgan fingerprint density at radius 1 is 0.720 bits per heavy atom. The summed E-state index contributed by atoms with van der Waals surface area (Å²) in [6.45, 7) is 4.48. The first-order chi connectivity index (χ1) is 11.9. The number of allylic oxidation sites excluding steroid dienone is 16. The number of rotatable bonds is 6. The second kappa shape index (κ2) is 17.8.